The summed E-state index contributed by atoms with van der Waals surface area (Å²) in [6, 6.07) is 6.04. The molecular formula is C12H14N2OS. The first-order valence-corrected chi connectivity index (χ1v) is 6.22. The molecule has 0 aliphatic carbocycles. The second kappa shape index (κ2) is 4.22. The molecule has 0 saturated heterocycles. The summed E-state index contributed by atoms with van der Waals surface area (Å²) in [4.78, 5) is 1.19. The molecule has 1 heterocycles. The molecule has 4 heteroatoms. The number of nitrogen functional groups attached to an aromatic ring is 1. The molecule has 0 atom stereocenters. The standard InChI is InChI=1S/C12H14N2OS/c1-7-4-9(10-6-12(13)15-14-10)11(16-3)5-8(7)2/h4-6H,13H2,1-3H3. The number of rotatable bonds is 2. The van der Waals surface area contributed by atoms with Crippen molar-refractivity contribution in [2.75, 3.05) is 12.0 Å². The zero-order chi connectivity index (χ0) is 11.7. The molecule has 0 aliphatic rings. The Balaban J connectivity index is 2.59. The van der Waals surface area contributed by atoms with Crippen LogP contribution in [0.25, 0.3) is 11.3 Å². The second-order valence-electron chi connectivity index (χ2n) is 3.75. The molecule has 84 valence electrons. The van der Waals surface area contributed by atoms with E-state index in [-0.39, 0.29) is 0 Å². The maximum Gasteiger partial charge on any atom is 0.222 e. The summed E-state index contributed by atoms with van der Waals surface area (Å²) < 4.78 is 4.91. The monoisotopic (exact) mass is 234 g/mol. The summed E-state index contributed by atoms with van der Waals surface area (Å²) in [5.41, 5.74) is 9.94. The van der Waals surface area contributed by atoms with E-state index in [0.717, 1.165) is 11.3 Å². The van der Waals surface area contributed by atoms with Crippen molar-refractivity contribution < 1.29 is 4.52 Å². The van der Waals surface area contributed by atoms with E-state index in [2.05, 4.69) is 37.4 Å². The Morgan fingerprint density at radius 1 is 1.19 bits per heavy atom. The molecule has 3 nitrogen and oxygen atoms in total. The van der Waals surface area contributed by atoms with Gasteiger partial charge in [0.25, 0.3) is 0 Å². The van der Waals surface area contributed by atoms with Gasteiger partial charge in [0.05, 0.1) is 0 Å². The predicted molar refractivity (Wildman–Crippen MR) is 67.6 cm³/mol. The van der Waals surface area contributed by atoms with Crippen LogP contribution in [0.2, 0.25) is 0 Å². The van der Waals surface area contributed by atoms with Gasteiger partial charge < -0.3 is 10.3 Å². The molecule has 0 bridgehead atoms. The maximum absolute atomic E-state index is 5.54. The molecule has 0 amide bonds. The van der Waals surface area contributed by atoms with Crippen molar-refractivity contribution >= 4 is 17.6 Å². The minimum atomic E-state index is 0.347. The van der Waals surface area contributed by atoms with Crippen LogP contribution >= 0.6 is 11.8 Å². The fraction of sp³-hybridized carbons (Fsp3) is 0.250. The van der Waals surface area contributed by atoms with E-state index < -0.39 is 0 Å². The van der Waals surface area contributed by atoms with Crippen molar-refractivity contribution in [2.24, 2.45) is 0 Å². The molecule has 0 aliphatic heterocycles. The number of hydrogen-bond donors (Lipinski definition) is 1. The quantitative estimate of drug-likeness (QED) is 0.810. The topological polar surface area (TPSA) is 52.0 Å². The molecule has 0 saturated carbocycles. The molecule has 2 rings (SSSR count). The number of hydrogen-bond acceptors (Lipinski definition) is 4. The first kappa shape index (κ1) is 11.1. The Morgan fingerprint density at radius 3 is 2.44 bits per heavy atom. The molecule has 0 spiro atoms. The summed E-state index contributed by atoms with van der Waals surface area (Å²) in [6.45, 7) is 4.20. The van der Waals surface area contributed by atoms with E-state index >= 15 is 0 Å². The van der Waals surface area contributed by atoms with Gasteiger partial charge in [-0.3, -0.25) is 0 Å². The number of benzene rings is 1. The lowest BCUT2D eigenvalue weighted by Gasteiger charge is -2.08. The number of nitrogens with two attached hydrogens (primary N) is 1. The minimum absolute atomic E-state index is 0.347. The van der Waals surface area contributed by atoms with Crippen LogP contribution in [-0.2, 0) is 0 Å². The molecule has 0 unspecified atom stereocenters. The van der Waals surface area contributed by atoms with Gasteiger partial charge in [0, 0.05) is 16.5 Å². The summed E-state index contributed by atoms with van der Waals surface area (Å²) in [6.07, 6.45) is 2.05. The van der Waals surface area contributed by atoms with Gasteiger partial charge in [-0.25, -0.2) is 0 Å². The minimum Gasteiger partial charge on any atom is -0.368 e. The SMILES string of the molecule is CSc1cc(C)c(C)cc1-c1cc(N)on1. The van der Waals surface area contributed by atoms with E-state index in [1.54, 1.807) is 17.8 Å². The van der Waals surface area contributed by atoms with Crippen LogP contribution in [0, 0.1) is 13.8 Å². The normalized spacial score (nSPS) is 10.7. The van der Waals surface area contributed by atoms with Crippen LogP contribution < -0.4 is 5.73 Å². The van der Waals surface area contributed by atoms with Crippen LogP contribution in [-0.4, -0.2) is 11.4 Å². The van der Waals surface area contributed by atoms with Crippen molar-refractivity contribution in [2.45, 2.75) is 18.7 Å². The molecule has 2 aromatic rings. The summed E-state index contributed by atoms with van der Waals surface area (Å²) in [7, 11) is 0. The summed E-state index contributed by atoms with van der Waals surface area (Å²) in [5.74, 6) is 0.347. The largest absolute Gasteiger partial charge is 0.368 e. The van der Waals surface area contributed by atoms with Gasteiger partial charge in [0.1, 0.15) is 5.69 Å². The fourth-order valence-electron chi connectivity index (χ4n) is 1.58. The highest BCUT2D eigenvalue weighted by Gasteiger charge is 2.10. The van der Waals surface area contributed by atoms with Gasteiger partial charge in [-0.2, -0.15) is 0 Å². The van der Waals surface area contributed by atoms with Gasteiger partial charge in [0.15, 0.2) is 0 Å². The Hall–Kier alpha value is -1.42. The van der Waals surface area contributed by atoms with E-state index in [0.29, 0.717) is 5.88 Å². The van der Waals surface area contributed by atoms with E-state index in [4.69, 9.17) is 10.3 Å². The average Bonchev–Trinajstić information content (AvgIpc) is 2.68. The van der Waals surface area contributed by atoms with Gasteiger partial charge in [-0.1, -0.05) is 5.16 Å². The lowest BCUT2D eigenvalue weighted by Crippen LogP contribution is -1.88. The Bertz CT molecular complexity index is 520. The van der Waals surface area contributed by atoms with E-state index in [1.165, 1.54) is 16.0 Å². The molecule has 0 radical (unpaired) electrons. The van der Waals surface area contributed by atoms with Crippen LogP contribution in [0.3, 0.4) is 0 Å². The average molecular weight is 234 g/mol. The van der Waals surface area contributed by atoms with Crippen LogP contribution in [0.4, 0.5) is 5.88 Å². The predicted octanol–water partition coefficient (Wildman–Crippen LogP) is 3.26. The lowest BCUT2D eigenvalue weighted by molar-refractivity contribution is 0.439. The zero-order valence-electron chi connectivity index (χ0n) is 9.57. The highest BCUT2D eigenvalue weighted by molar-refractivity contribution is 7.98. The van der Waals surface area contributed by atoms with Crippen molar-refractivity contribution in [3.8, 4) is 11.3 Å². The number of aromatic nitrogens is 1. The molecule has 1 aromatic heterocycles. The van der Waals surface area contributed by atoms with Gasteiger partial charge >= 0.3 is 0 Å². The van der Waals surface area contributed by atoms with Crippen molar-refractivity contribution in [3.63, 3.8) is 0 Å². The molecular weight excluding hydrogens is 220 g/mol. The number of thioether (sulfide) groups is 1. The molecule has 16 heavy (non-hydrogen) atoms. The Kier molecular flexibility index (Phi) is 2.92. The molecule has 1 aromatic carbocycles. The van der Waals surface area contributed by atoms with Gasteiger partial charge in [0.2, 0.25) is 5.88 Å². The molecule has 2 N–H and O–H groups in total. The highest BCUT2D eigenvalue weighted by Crippen LogP contribution is 2.32. The Morgan fingerprint density at radius 2 is 1.88 bits per heavy atom. The third-order valence-electron chi connectivity index (χ3n) is 2.62. The van der Waals surface area contributed by atoms with Crippen LogP contribution in [0.1, 0.15) is 11.1 Å². The van der Waals surface area contributed by atoms with E-state index in [1.807, 2.05) is 0 Å². The zero-order valence-corrected chi connectivity index (χ0v) is 10.4. The van der Waals surface area contributed by atoms with Gasteiger partial charge in [-0.05, 0) is 43.4 Å². The number of aryl methyl sites for hydroxylation is 2. The van der Waals surface area contributed by atoms with Crippen molar-refractivity contribution in [3.05, 3.63) is 29.3 Å². The van der Waals surface area contributed by atoms with Crippen molar-refractivity contribution in [1.82, 2.24) is 5.16 Å². The lowest BCUT2D eigenvalue weighted by atomic mass is 10.0. The number of nitrogens with zero attached hydrogens (tertiary/aromatic N) is 1. The first-order chi connectivity index (χ1) is 7.61. The highest BCUT2D eigenvalue weighted by atomic mass is 32.2. The summed E-state index contributed by atoms with van der Waals surface area (Å²) in [5, 5.41) is 3.95. The third-order valence-corrected chi connectivity index (χ3v) is 3.40. The van der Waals surface area contributed by atoms with Crippen LogP contribution in [0.15, 0.2) is 27.6 Å². The maximum atomic E-state index is 5.54. The Labute approximate surface area is 99.0 Å². The number of anilines is 1. The summed E-state index contributed by atoms with van der Waals surface area (Å²) >= 11 is 1.70. The van der Waals surface area contributed by atoms with E-state index in [9.17, 15) is 0 Å². The smallest absolute Gasteiger partial charge is 0.222 e. The van der Waals surface area contributed by atoms with Gasteiger partial charge in [-0.15, -0.1) is 11.8 Å². The third kappa shape index (κ3) is 1.93. The van der Waals surface area contributed by atoms with Crippen LogP contribution in [0.5, 0.6) is 0 Å². The molecule has 0 fully saturated rings. The fourth-order valence-corrected chi connectivity index (χ4v) is 2.25. The first-order valence-electron chi connectivity index (χ1n) is 4.99. The second-order valence-corrected chi connectivity index (χ2v) is 4.60. The van der Waals surface area contributed by atoms with Crippen molar-refractivity contribution in [1.29, 1.82) is 0 Å².